The Morgan fingerprint density at radius 1 is 1.25 bits per heavy atom. The van der Waals surface area contributed by atoms with E-state index in [2.05, 4.69) is 5.32 Å². The highest BCUT2D eigenvalue weighted by Crippen LogP contribution is 2.26. The number of benzene rings is 1. The van der Waals surface area contributed by atoms with Gasteiger partial charge in [-0.3, -0.25) is 24.6 Å². The standard InChI is InChI=1S/C13H13N3O4/c17-12-10-4-3-9(16(19)20)7-11(10)13(18)15(12)6-5-14-8-1-2-8/h3-4,7-8,14H,1-2,5-6H2. The highest BCUT2D eigenvalue weighted by Gasteiger charge is 2.36. The topological polar surface area (TPSA) is 92.5 Å². The van der Waals surface area contributed by atoms with Crippen LogP contribution in [0.2, 0.25) is 0 Å². The fourth-order valence-electron chi connectivity index (χ4n) is 2.26. The van der Waals surface area contributed by atoms with Gasteiger partial charge in [-0.15, -0.1) is 0 Å². The van der Waals surface area contributed by atoms with Crippen molar-refractivity contribution in [2.75, 3.05) is 13.1 Å². The van der Waals surface area contributed by atoms with Crippen LogP contribution >= 0.6 is 0 Å². The lowest BCUT2D eigenvalue weighted by molar-refractivity contribution is -0.384. The number of rotatable bonds is 5. The molecular weight excluding hydrogens is 262 g/mol. The molecule has 20 heavy (non-hydrogen) atoms. The molecule has 1 fully saturated rings. The summed E-state index contributed by atoms with van der Waals surface area (Å²) in [4.78, 5) is 35.5. The smallest absolute Gasteiger partial charge is 0.270 e. The lowest BCUT2D eigenvalue weighted by Gasteiger charge is -2.13. The maximum atomic E-state index is 12.1. The summed E-state index contributed by atoms with van der Waals surface area (Å²) in [5, 5.41) is 13.9. The van der Waals surface area contributed by atoms with Gasteiger partial charge < -0.3 is 5.32 Å². The lowest BCUT2D eigenvalue weighted by Crippen LogP contribution is -2.36. The summed E-state index contributed by atoms with van der Waals surface area (Å²) >= 11 is 0. The van der Waals surface area contributed by atoms with Crippen molar-refractivity contribution in [2.45, 2.75) is 18.9 Å². The number of non-ortho nitro benzene ring substituents is 1. The summed E-state index contributed by atoms with van der Waals surface area (Å²) in [6.45, 7) is 0.842. The molecular formula is C13H13N3O4. The molecule has 1 aromatic rings. The van der Waals surface area contributed by atoms with Crippen molar-refractivity contribution in [1.82, 2.24) is 10.2 Å². The van der Waals surface area contributed by atoms with Crippen LogP contribution in [-0.4, -0.2) is 40.8 Å². The maximum Gasteiger partial charge on any atom is 0.270 e. The first-order chi connectivity index (χ1) is 9.58. The number of nitrogens with one attached hydrogen (secondary N) is 1. The molecule has 0 saturated heterocycles. The van der Waals surface area contributed by atoms with Crippen LogP contribution in [0.3, 0.4) is 0 Å². The van der Waals surface area contributed by atoms with E-state index in [1.165, 1.54) is 18.2 Å². The molecule has 0 radical (unpaired) electrons. The van der Waals surface area contributed by atoms with Crippen LogP contribution in [0.4, 0.5) is 5.69 Å². The Morgan fingerprint density at radius 3 is 2.60 bits per heavy atom. The second-order valence-corrected chi connectivity index (χ2v) is 4.98. The van der Waals surface area contributed by atoms with Crippen LogP contribution < -0.4 is 5.32 Å². The van der Waals surface area contributed by atoms with Crippen molar-refractivity contribution in [3.8, 4) is 0 Å². The molecule has 0 atom stereocenters. The molecule has 7 heteroatoms. The number of nitro groups is 1. The van der Waals surface area contributed by atoms with Crippen molar-refractivity contribution in [3.05, 3.63) is 39.4 Å². The van der Waals surface area contributed by atoms with E-state index >= 15 is 0 Å². The van der Waals surface area contributed by atoms with Crippen molar-refractivity contribution in [2.24, 2.45) is 0 Å². The minimum atomic E-state index is -0.574. The lowest BCUT2D eigenvalue weighted by atomic mass is 10.1. The van der Waals surface area contributed by atoms with Gasteiger partial charge in [0.05, 0.1) is 16.1 Å². The van der Waals surface area contributed by atoms with Crippen LogP contribution in [0, 0.1) is 10.1 Å². The van der Waals surface area contributed by atoms with Gasteiger partial charge in [0.2, 0.25) is 0 Å². The summed E-state index contributed by atoms with van der Waals surface area (Å²) in [6.07, 6.45) is 2.27. The zero-order chi connectivity index (χ0) is 14.3. The minimum Gasteiger partial charge on any atom is -0.312 e. The van der Waals surface area contributed by atoms with E-state index in [4.69, 9.17) is 0 Å². The van der Waals surface area contributed by atoms with Crippen LogP contribution in [0.5, 0.6) is 0 Å². The highest BCUT2D eigenvalue weighted by molar-refractivity contribution is 6.21. The number of imide groups is 1. The quantitative estimate of drug-likeness (QED) is 0.490. The molecule has 1 heterocycles. The number of carbonyl (C=O) groups excluding carboxylic acids is 2. The molecule has 2 aliphatic rings. The SMILES string of the molecule is O=C1c2ccc([N+](=O)[O-])cc2C(=O)N1CCNC1CC1. The van der Waals surface area contributed by atoms with E-state index < -0.39 is 10.8 Å². The number of fused-ring (bicyclic) bond motifs is 1. The van der Waals surface area contributed by atoms with E-state index in [1.807, 2.05) is 0 Å². The summed E-state index contributed by atoms with van der Waals surface area (Å²) < 4.78 is 0. The van der Waals surface area contributed by atoms with Crippen molar-refractivity contribution < 1.29 is 14.5 Å². The third-order valence-electron chi connectivity index (χ3n) is 3.51. The average molecular weight is 275 g/mol. The van der Waals surface area contributed by atoms with Gasteiger partial charge in [0.15, 0.2) is 0 Å². The number of hydrogen-bond donors (Lipinski definition) is 1. The Balaban J connectivity index is 1.77. The molecule has 104 valence electrons. The van der Waals surface area contributed by atoms with E-state index in [1.54, 1.807) is 0 Å². The first-order valence-corrected chi connectivity index (χ1v) is 6.46. The fourth-order valence-corrected chi connectivity index (χ4v) is 2.26. The highest BCUT2D eigenvalue weighted by atomic mass is 16.6. The summed E-state index contributed by atoms with van der Waals surface area (Å²) in [7, 11) is 0. The van der Waals surface area contributed by atoms with Gasteiger partial charge >= 0.3 is 0 Å². The monoisotopic (exact) mass is 275 g/mol. The van der Waals surface area contributed by atoms with E-state index in [0.717, 1.165) is 17.7 Å². The second kappa shape index (κ2) is 4.68. The third-order valence-corrected chi connectivity index (χ3v) is 3.51. The molecule has 1 aliphatic carbocycles. The van der Waals surface area contributed by atoms with E-state index in [-0.39, 0.29) is 29.3 Å². The minimum absolute atomic E-state index is 0.121. The largest absolute Gasteiger partial charge is 0.312 e. The van der Waals surface area contributed by atoms with Crippen LogP contribution in [-0.2, 0) is 0 Å². The molecule has 0 unspecified atom stereocenters. The number of carbonyl (C=O) groups is 2. The molecule has 0 spiro atoms. The number of nitrogens with zero attached hydrogens (tertiary/aromatic N) is 2. The Kier molecular flexibility index (Phi) is 2.98. The van der Waals surface area contributed by atoms with Gasteiger partial charge in [0, 0.05) is 31.3 Å². The number of nitro benzene ring substituents is 1. The van der Waals surface area contributed by atoms with Crippen LogP contribution in [0.25, 0.3) is 0 Å². The molecule has 0 bridgehead atoms. The van der Waals surface area contributed by atoms with Crippen molar-refractivity contribution >= 4 is 17.5 Å². The summed E-state index contributed by atoms with van der Waals surface area (Å²) in [5.41, 5.74) is 0.186. The molecule has 1 N–H and O–H groups in total. The average Bonchev–Trinajstić information content (AvgIpc) is 3.22. The molecule has 1 saturated carbocycles. The Bertz CT molecular complexity index is 610. The predicted octanol–water partition coefficient (Wildman–Crippen LogP) is 0.943. The molecule has 0 aromatic heterocycles. The normalized spacial score (nSPS) is 17.5. The van der Waals surface area contributed by atoms with Gasteiger partial charge in [-0.2, -0.15) is 0 Å². The summed E-state index contributed by atoms with van der Waals surface area (Å²) in [6, 6.07) is 4.27. The van der Waals surface area contributed by atoms with E-state index in [9.17, 15) is 19.7 Å². The first-order valence-electron chi connectivity index (χ1n) is 6.46. The van der Waals surface area contributed by atoms with Gasteiger partial charge in [0.1, 0.15) is 0 Å². The zero-order valence-corrected chi connectivity index (χ0v) is 10.7. The first kappa shape index (κ1) is 12.7. The van der Waals surface area contributed by atoms with Gasteiger partial charge in [-0.05, 0) is 18.9 Å². The number of hydrogen-bond acceptors (Lipinski definition) is 5. The summed E-state index contributed by atoms with van der Waals surface area (Å²) in [5.74, 6) is -0.830. The Morgan fingerprint density at radius 2 is 1.95 bits per heavy atom. The van der Waals surface area contributed by atoms with Crippen molar-refractivity contribution in [3.63, 3.8) is 0 Å². The zero-order valence-electron chi connectivity index (χ0n) is 10.7. The van der Waals surface area contributed by atoms with E-state index in [0.29, 0.717) is 12.6 Å². The van der Waals surface area contributed by atoms with Gasteiger partial charge in [0.25, 0.3) is 17.5 Å². The predicted molar refractivity (Wildman–Crippen MR) is 69.5 cm³/mol. The Labute approximate surface area is 114 Å². The molecule has 3 rings (SSSR count). The molecule has 2 amide bonds. The number of amides is 2. The molecule has 7 nitrogen and oxygen atoms in total. The second-order valence-electron chi connectivity index (χ2n) is 4.98. The molecule has 1 aliphatic heterocycles. The Hall–Kier alpha value is -2.28. The maximum absolute atomic E-state index is 12.1. The fraction of sp³-hybridized carbons (Fsp3) is 0.385. The third kappa shape index (κ3) is 2.16. The molecule has 1 aromatic carbocycles. The van der Waals surface area contributed by atoms with Gasteiger partial charge in [-0.25, -0.2) is 0 Å². The van der Waals surface area contributed by atoms with Crippen LogP contribution in [0.15, 0.2) is 18.2 Å². The van der Waals surface area contributed by atoms with Crippen molar-refractivity contribution in [1.29, 1.82) is 0 Å². The van der Waals surface area contributed by atoms with Crippen LogP contribution in [0.1, 0.15) is 33.6 Å². The van der Waals surface area contributed by atoms with Gasteiger partial charge in [-0.1, -0.05) is 0 Å².